The third-order valence-corrected chi connectivity index (χ3v) is 5.27. The lowest BCUT2D eigenvalue weighted by Crippen LogP contribution is -2.50. The summed E-state index contributed by atoms with van der Waals surface area (Å²) in [6.45, 7) is 4.61. The molecule has 0 atom stereocenters. The van der Waals surface area contributed by atoms with Gasteiger partial charge in [-0.2, -0.15) is 0 Å². The van der Waals surface area contributed by atoms with Crippen LogP contribution < -0.4 is 0 Å². The minimum absolute atomic E-state index is 0.0977. The summed E-state index contributed by atoms with van der Waals surface area (Å²) in [5, 5.41) is 0. The summed E-state index contributed by atoms with van der Waals surface area (Å²) in [5.74, 6) is 0.579. The predicted molar refractivity (Wildman–Crippen MR) is 89.7 cm³/mol. The molecule has 0 bridgehead atoms. The van der Waals surface area contributed by atoms with Crippen molar-refractivity contribution in [2.45, 2.75) is 38.5 Å². The maximum Gasteiger partial charge on any atom is 0.225 e. The molecule has 1 aliphatic carbocycles. The Balaban J connectivity index is 1.37. The highest BCUT2D eigenvalue weighted by molar-refractivity contribution is 5.79. The second-order valence-corrected chi connectivity index (χ2v) is 6.84. The standard InChI is InChI=1S/C19H27FN2O/c20-18-10-4-3-6-16(18)9-5-11-21-12-14-22(15-13-21)19(23)17-7-1-2-8-17/h3-4,6,10,17H,1-2,5,7-9,11-15H2. The summed E-state index contributed by atoms with van der Waals surface area (Å²) in [7, 11) is 0. The molecule has 0 N–H and O–H groups in total. The van der Waals surface area contributed by atoms with E-state index in [0.717, 1.165) is 64.0 Å². The van der Waals surface area contributed by atoms with Crippen LogP contribution in [0.4, 0.5) is 4.39 Å². The fourth-order valence-corrected chi connectivity index (χ4v) is 3.82. The Hall–Kier alpha value is -1.42. The van der Waals surface area contributed by atoms with Crippen molar-refractivity contribution in [1.82, 2.24) is 9.80 Å². The number of benzene rings is 1. The van der Waals surface area contributed by atoms with Gasteiger partial charge in [-0.15, -0.1) is 0 Å². The molecule has 0 unspecified atom stereocenters. The zero-order chi connectivity index (χ0) is 16.1. The molecule has 1 aromatic rings. The van der Waals surface area contributed by atoms with Gasteiger partial charge < -0.3 is 4.90 Å². The molecule has 1 heterocycles. The summed E-state index contributed by atoms with van der Waals surface area (Å²) >= 11 is 0. The Morgan fingerprint density at radius 1 is 1.09 bits per heavy atom. The molecular weight excluding hydrogens is 291 g/mol. The number of rotatable bonds is 5. The minimum atomic E-state index is -0.0977. The van der Waals surface area contributed by atoms with E-state index in [-0.39, 0.29) is 5.82 Å². The molecule has 1 amide bonds. The number of halogens is 1. The van der Waals surface area contributed by atoms with Crippen molar-refractivity contribution in [3.05, 3.63) is 35.6 Å². The molecular formula is C19H27FN2O. The molecule has 2 fully saturated rings. The normalized spacial score (nSPS) is 20.1. The van der Waals surface area contributed by atoms with Gasteiger partial charge >= 0.3 is 0 Å². The van der Waals surface area contributed by atoms with E-state index in [9.17, 15) is 9.18 Å². The number of piperazine rings is 1. The number of amides is 1. The molecule has 3 nitrogen and oxygen atoms in total. The van der Waals surface area contributed by atoms with Gasteiger partial charge in [0.05, 0.1) is 0 Å². The molecule has 0 aromatic heterocycles. The fraction of sp³-hybridized carbons (Fsp3) is 0.632. The molecule has 1 aliphatic heterocycles. The molecule has 23 heavy (non-hydrogen) atoms. The van der Waals surface area contributed by atoms with Crippen molar-refractivity contribution in [2.75, 3.05) is 32.7 Å². The van der Waals surface area contributed by atoms with Crippen LogP contribution in [0.1, 0.15) is 37.7 Å². The third kappa shape index (κ3) is 4.31. The van der Waals surface area contributed by atoms with Gasteiger partial charge in [-0.1, -0.05) is 31.0 Å². The van der Waals surface area contributed by atoms with Gasteiger partial charge in [-0.3, -0.25) is 9.69 Å². The van der Waals surface area contributed by atoms with E-state index < -0.39 is 0 Å². The Kier molecular flexibility index (Phi) is 5.65. The first-order chi connectivity index (χ1) is 11.2. The first-order valence-electron chi connectivity index (χ1n) is 8.98. The molecule has 0 radical (unpaired) electrons. The Bertz CT molecular complexity index is 520. The van der Waals surface area contributed by atoms with Gasteiger partial charge in [0, 0.05) is 32.1 Å². The van der Waals surface area contributed by atoms with Crippen molar-refractivity contribution in [3.8, 4) is 0 Å². The van der Waals surface area contributed by atoms with Gasteiger partial charge in [-0.05, 0) is 43.9 Å². The monoisotopic (exact) mass is 318 g/mol. The van der Waals surface area contributed by atoms with E-state index in [1.54, 1.807) is 6.07 Å². The van der Waals surface area contributed by atoms with Crippen LogP contribution in [0.15, 0.2) is 24.3 Å². The van der Waals surface area contributed by atoms with Crippen LogP contribution in [0.25, 0.3) is 0 Å². The number of hydrogen-bond acceptors (Lipinski definition) is 2. The molecule has 1 saturated heterocycles. The van der Waals surface area contributed by atoms with Crippen molar-refractivity contribution in [1.29, 1.82) is 0 Å². The molecule has 1 aromatic carbocycles. The predicted octanol–water partition coefficient (Wildman–Crippen LogP) is 3.09. The summed E-state index contributed by atoms with van der Waals surface area (Å²) in [6.07, 6.45) is 6.35. The van der Waals surface area contributed by atoms with E-state index in [1.165, 1.54) is 18.9 Å². The lowest BCUT2D eigenvalue weighted by atomic mass is 10.1. The summed E-state index contributed by atoms with van der Waals surface area (Å²) in [6, 6.07) is 7.03. The fourth-order valence-electron chi connectivity index (χ4n) is 3.82. The second kappa shape index (κ2) is 7.91. The summed E-state index contributed by atoms with van der Waals surface area (Å²) < 4.78 is 13.6. The zero-order valence-corrected chi connectivity index (χ0v) is 13.8. The Morgan fingerprint density at radius 3 is 2.48 bits per heavy atom. The Labute approximate surface area is 138 Å². The second-order valence-electron chi connectivity index (χ2n) is 6.84. The van der Waals surface area contributed by atoms with Gasteiger partial charge in [0.15, 0.2) is 0 Å². The first-order valence-corrected chi connectivity index (χ1v) is 8.98. The van der Waals surface area contributed by atoms with Gasteiger partial charge in [0.25, 0.3) is 0 Å². The van der Waals surface area contributed by atoms with Crippen molar-refractivity contribution >= 4 is 5.91 Å². The van der Waals surface area contributed by atoms with E-state index >= 15 is 0 Å². The minimum Gasteiger partial charge on any atom is -0.340 e. The topological polar surface area (TPSA) is 23.6 Å². The van der Waals surface area contributed by atoms with Crippen molar-refractivity contribution < 1.29 is 9.18 Å². The van der Waals surface area contributed by atoms with Crippen LogP contribution in [-0.2, 0) is 11.2 Å². The third-order valence-electron chi connectivity index (χ3n) is 5.27. The highest BCUT2D eigenvalue weighted by Crippen LogP contribution is 2.26. The first kappa shape index (κ1) is 16.4. The SMILES string of the molecule is O=C(C1CCCC1)N1CCN(CCCc2ccccc2F)CC1. The van der Waals surface area contributed by atoms with Gasteiger partial charge in [0.2, 0.25) is 5.91 Å². The lowest BCUT2D eigenvalue weighted by Gasteiger charge is -2.36. The van der Waals surface area contributed by atoms with Crippen LogP contribution in [-0.4, -0.2) is 48.4 Å². The zero-order valence-electron chi connectivity index (χ0n) is 13.8. The smallest absolute Gasteiger partial charge is 0.225 e. The number of hydrogen-bond donors (Lipinski definition) is 0. The highest BCUT2D eigenvalue weighted by Gasteiger charge is 2.29. The number of carbonyl (C=O) groups excluding carboxylic acids is 1. The molecule has 2 aliphatic rings. The average Bonchev–Trinajstić information content (AvgIpc) is 3.11. The van der Waals surface area contributed by atoms with Gasteiger partial charge in [0.1, 0.15) is 5.82 Å². The quantitative estimate of drug-likeness (QED) is 0.833. The number of aryl methyl sites for hydroxylation is 1. The maximum absolute atomic E-state index is 13.6. The van der Waals surface area contributed by atoms with Crippen LogP contribution >= 0.6 is 0 Å². The van der Waals surface area contributed by atoms with Crippen LogP contribution in [0, 0.1) is 11.7 Å². The van der Waals surface area contributed by atoms with Crippen molar-refractivity contribution in [3.63, 3.8) is 0 Å². The highest BCUT2D eigenvalue weighted by atomic mass is 19.1. The molecule has 4 heteroatoms. The summed E-state index contributed by atoms with van der Waals surface area (Å²) in [4.78, 5) is 16.9. The van der Waals surface area contributed by atoms with Crippen LogP contribution in [0.3, 0.4) is 0 Å². The Morgan fingerprint density at radius 2 is 1.78 bits per heavy atom. The van der Waals surface area contributed by atoms with E-state index in [1.807, 2.05) is 12.1 Å². The molecule has 0 spiro atoms. The molecule has 3 rings (SSSR count). The maximum atomic E-state index is 13.6. The molecule has 1 saturated carbocycles. The van der Waals surface area contributed by atoms with E-state index in [0.29, 0.717) is 11.8 Å². The largest absolute Gasteiger partial charge is 0.340 e. The average molecular weight is 318 g/mol. The van der Waals surface area contributed by atoms with Crippen molar-refractivity contribution in [2.24, 2.45) is 5.92 Å². The molecule has 126 valence electrons. The van der Waals surface area contributed by atoms with Crippen LogP contribution in [0.2, 0.25) is 0 Å². The lowest BCUT2D eigenvalue weighted by molar-refractivity contribution is -0.137. The number of carbonyl (C=O) groups is 1. The van der Waals surface area contributed by atoms with Gasteiger partial charge in [-0.25, -0.2) is 4.39 Å². The summed E-state index contributed by atoms with van der Waals surface area (Å²) in [5.41, 5.74) is 0.808. The van der Waals surface area contributed by atoms with E-state index in [4.69, 9.17) is 0 Å². The number of nitrogens with zero attached hydrogens (tertiary/aromatic N) is 2. The van der Waals surface area contributed by atoms with E-state index in [2.05, 4.69) is 9.80 Å². The van der Waals surface area contributed by atoms with Crippen LogP contribution in [0.5, 0.6) is 0 Å².